The molecule has 0 N–H and O–H groups in total. The second kappa shape index (κ2) is 10.1. The van der Waals surface area contributed by atoms with E-state index in [9.17, 15) is 4.79 Å². The smallest absolute Gasteiger partial charge is 0.262 e. The standard InChI is InChI=1S/C25H27N3O3S/c1-4-30-13-7-12-28-24(29)21-8-5-6-9-22(21)27-25(28)32-16-19-15-31-23(26-19)20-11-10-17(2)14-18(20)3/h5-6,8-11,14-15H,4,7,12-13,16H2,1-3H3. The van der Waals surface area contributed by atoms with E-state index in [2.05, 4.69) is 31.0 Å². The average molecular weight is 450 g/mol. The van der Waals surface area contributed by atoms with E-state index in [4.69, 9.17) is 14.1 Å². The van der Waals surface area contributed by atoms with Gasteiger partial charge < -0.3 is 9.15 Å². The Morgan fingerprint density at radius 2 is 1.97 bits per heavy atom. The number of hydrogen-bond donors (Lipinski definition) is 0. The van der Waals surface area contributed by atoms with Crippen LogP contribution in [0.1, 0.15) is 30.2 Å². The number of aromatic nitrogens is 3. The summed E-state index contributed by atoms with van der Waals surface area (Å²) in [7, 11) is 0. The molecule has 4 aromatic rings. The van der Waals surface area contributed by atoms with E-state index in [1.54, 1.807) is 10.8 Å². The van der Waals surface area contributed by atoms with Gasteiger partial charge in [0.2, 0.25) is 5.89 Å². The van der Waals surface area contributed by atoms with Crippen LogP contribution in [0.4, 0.5) is 0 Å². The van der Waals surface area contributed by atoms with Crippen molar-refractivity contribution in [2.24, 2.45) is 0 Å². The average Bonchev–Trinajstić information content (AvgIpc) is 3.25. The Labute approximate surface area is 191 Å². The molecule has 0 spiro atoms. The molecule has 0 unspecified atom stereocenters. The Morgan fingerprint density at radius 1 is 1.12 bits per heavy atom. The third kappa shape index (κ3) is 4.95. The molecule has 0 radical (unpaired) electrons. The van der Waals surface area contributed by atoms with Gasteiger partial charge in [-0.25, -0.2) is 9.97 Å². The van der Waals surface area contributed by atoms with Gasteiger partial charge in [0.05, 0.1) is 16.6 Å². The van der Waals surface area contributed by atoms with E-state index >= 15 is 0 Å². The van der Waals surface area contributed by atoms with Crippen molar-refractivity contribution in [1.82, 2.24) is 14.5 Å². The highest BCUT2D eigenvalue weighted by Gasteiger charge is 2.14. The monoisotopic (exact) mass is 449 g/mol. The maximum atomic E-state index is 13.1. The number of rotatable bonds is 9. The highest BCUT2D eigenvalue weighted by atomic mass is 32.2. The number of oxazole rings is 1. The SMILES string of the molecule is CCOCCCn1c(SCc2coc(-c3ccc(C)cc3C)n2)nc2ccccc2c1=O. The van der Waals surface area contributed by atoms with Gasteiger partial charge in [0.25, 0.3) is 5.56 Å². The molecule has 2 aromatic carbocycles. The zero-order valence-electron chi connectivity index (χ0n) is 18.6. The normalized spacial score (nSPS) is 11.3. The third-order valence-electron chi connectivity index (χ3n) is 5.21. The lowest BCUT2D eigenvalue weighted by Crippen LogP contribution is -2.24. The van der Waals surface area contributed by atoms with Crippen LogP contribution < -0.4 is 5.56 Å². The van der Waals surface area contributed by atoms with Crippen LogP contribution in [-0.2, 0) is 17.0 Å². The van der Waals surface area contributed by atoms with E-state index in [-0.39, 0.29) is 5.56 Å². The zero-order chi connectivity index (χ0) is 22.5. The number of ether oxygens (including phenoxy) is 1. The summed E-state index contributed by atoms with van der Waals surface area (Å²) in [6.45, 7) is 7.94. The number of fused-ring (bicyclic) bond motifs is 1. The van der Waals surface area contributed by atoms with Crippen LogP contribution in [0, 0.1) is 13.8 Å². The second-order valence-electron chi connectivity index (χ2n) is 7.67. The summed E-state index contributed by atoms with van der Waals surface area (Å²) in [5.74, 6) is 1.17. The quantitative estimate of drug-likeness (QED) is 0.194. The van der Waals surface area contributed by atoms with Crippen molar-refractivity contribution in [3.8, 4) is 11.5 Å². The molecule has 0 aliphatic carbocycles. The second-order valence-corrected chi connectivity index (χ2v) is 8.61. The topological polar surface area (TPSA) is 70.2 Å². The first-order chi connectivity index (χ1) is 15.6. The molecular weight excluding hydrogens is 422 g/mol. The molecule has 7 heteroatoms. The lowest BCUT2D eigenvalue weighted by molar-refractivity contribution is 0.140. The summed E-state index contributed by atoms with van der Waals surface area (Å²) in [4.78, 5) is 22.5. The Bertz CT molecular complexity index is 1280. The molecule has 0 atom stereocenters. The van der Waals surface area contributed by atoms with Crippen LogP contribution in [-0.4, -0.2) is 27.7 Å². The Hall–Kier alpha value is -2.90. The molecule has 2 aromatic heterocycles. The first kappa shape index (κ1) is 22.3. The molecule has 6 nitrogen and oxygen atoms in total. The molecule has 4 rings (SSSR count). The number of thioether (sulfide) groups is 1. The van der Waals surface area contributed by atoms with Crippen LogP contribution in [0.3, 0.4) is 0 Å². The summed E-state index contributed by atoms with van der Waals surface area (Å²) < 4.78 is 12.9. The van der Waals surface area contributed by atoms with Gasteiger partial charge in [0, 0.05) is 31.1 Å². The molecule has 0 aliphatic heterocycles. The Kier molecular flexibility index (Phi) is 7.07. The van der Waals surface area contributed by atoms with Crippen LogP contribution in [0.5, 0.6) is 0 Å². The molecule has 0 saturated carbocycles. The fourth-order valence-corrected chi connectivity index (χ4v) is 4.52. The zero-order valence-corrected chi connectivity index (χ0v) is 19.4. The number of aryl methyl sites for hydroxylation is 2. The molecule has 0 amide bonds. The van der Waals surface area contributed by atoms with Crippen molar-refractivity contribution in [2.75, 3.05) is 13.2 Å². The van der Waals surface area contributed by atoms with Crippen molar-refractivity contribution in [2.45, 2.75) is 44.6 Å². The molecule has 0 aliphatic rings. The van der Waals surface area contributed by atoms with Crippen LogP contribution in [0.25, 0.3) is 22.4 Å². The van der Waals surface area contributed by atoms with Crippen LogP contribution in [0.15, 0.2) is 63.1 Å². The Morgan fingerprint density at radius 3 is 2.78 bits per heavy atom. The Balaban J connectivity index is 1.57. The van der Waals surface area contributed by atoms with Gasteiger partial charge in [-0.3, -0.25) is 9.36 Å². The van der Waals surface area contributed by atoms with Gasteiger partial charge >= 0.3 is 0 Å². The van der Waals surface area contributed by atoms with Gasteiger partial charge in [-0.05, 0) is 51.0 Å². The first-order valence-corrected chi connectivity index (χ1v) is 11.8. The largest absolute Gasteiger partial charge is 0.444 e. The number of benzene rings is 2. The predicted molar refractivity (Wildman–Crippen MR) is 128 cm³/mol. The summed E-state index contributed by atoms with van der Waals surface area (Å²) in [5, 5.41) is 1.31. The van der Waals surface area contributed by atoms with E-state index in [0.29, 0.717) is 47.5 Å². The lowest BCUT2D eigenvalue weighted by atomic mass is 10.1. The number of hydrogen-bond acceptors (Lipinski definition) is 6. The van der Waals surface area contributed by atoms with E-state index < -0.39 is 0 Å². The maximum Gasteiger partial charge on any atom is 0.262 e. The fourth-order valence-electron chi connectivity index (χ4n) is 3.61. The van der Waals surface area contributed by atoms with Crippen LogP contribution in [0.2, 0.25) is 0 Å². The van der Waals surface area contributed by atoms with Gasteiger partial charge in [0.15, 0.2) is 5.16 Å². The van der Waals surface area contributed by atoms with Crippen molar-refractivity contribution in [3.63, 3.8) is 0 Å². The first-order valence-electron chi connectivity index (χ1n) is 10.8. The number of nitrogens with zero attached hydrogens (tertiary/aromatic N) is 3. The predicted octanol–water partition coefficient (Wildman–Crippen LogP) is 5.39. The van der Waals surface area contributed by atoms with Gasteiger partial charge in [-0.1, -0.05) is 41.6 Å². The van der Waals surface area contributed by atoms with E-state index in [0.717, 1.165) is 23.2 Å². The van der Waals surface area contributed by atoms with E-state index in [1.165, 1.54) is 17.3 Å². The minimum Gasteiger partial charge on any atom is -0.444 e. The fraction of sp³-hybridized carbons (Fsp3) is 0.320. The molecular formula is C25H27N3O3S. The molecule has 32 heavy (non-hydrogen) atoms. The summed E-state index contributed by atoms with van der Waals surface area (Å²) >= 11 is 1.50. The molecule has 166 valence electrons. The third-order valence-corrected chi connectivity index (χ3v) is 6.22. The minimum atomic E-state index is -0.0225. The van der Waals surface area contributed by atoms with Crippen molar-refractivity contribution in [3.05, 3.63) is 75.9 Å². The highest BCUT2D eigenvalue weighted by Crippen LogP contribution is 2.27. The van der Waals surface area contributed by atoms with Gasteiger partial charge in [-0.2, -0.15) is 0 Å². The van der Waals surface area contributed by atoms with E-state index in [1.807, 2.05) is 37.3 Å². The van der Waals surface area contributed by atoms with Gasteiger partial charge in [0.1, 0.15) is 6.26 Å². The van der Waals surface area contributed by atoms with Gasteiger partial charge in [-0.15, -0.1) is 0 Å². The summed E-state index contributed by atoms with van der Waals surface area (Å²) in [6, 6.07) is 13.7. The summed E-state index contributed by atoms with van der Waals surface area (Å²) in [5.41, 5.74) is 4.82. The minimum absolute atomic E-state index is 0.0225. The van der Waals surface area contributed by atoms with Crippen molar-refractivity contribution in [1.29, 1.82) is 0 Å². The molecule has 0 bridgehead atoms. The highest BCUT2D eigenvalue weighted by molar-refractivity contribution is 7.98. The van der Waals surface area contributed by atoms with Crippen molar-refractivity contribution >= 4 is 22.7 Å². The maximum absolute atomic E-state index is 13.1. The summed E-state index contributed by atoms with van der Waals surface area (Å²) in [6.07, 6.45) is 2.43. The number of para-hydroxylation sites is 1. The van der Waals surface area contributed by atoms with Crippen molar-refractivity contribution < 1.29 is 9.15 Å². The molecule has 0 saturated heterocycles. The molecule has 2 heterocycles. The molecule has 0 fully saturated rings. The van der Waals surface area contributed by atoms with Crippen LogP contribution >= 0.6 is 11.8 Å². The lowest BCUT2D eigenvalue weighted by Gasteiger charge is -2.12.